The molecular weight excluding hydrogens is 252 g/mol. The summed E-state index contributed by atoms with van der Waals surface area (Å²) in [6.07, 6.45) is 3.70. The van der Waals surface area contributed by atoms with E-state index in [1.165, 1.54) is 11.3 Å². The highest BCUT2D eigenvalue weighted by molar-refractivity contribution is 5.24. The molecule has 1 atom stereocenters. The quantitative estimate of drug-likeness (QED) is 0.617. The standard InChI is InChI=1S/C14H24N6/c1-5-20-14(8-9-16-20)13(17-15)7-6-12-10(2)18-19(4)11(12)3/h8-9,13,17H,5-7,15H2,1-4H3. The summed E-state index contributed by atoms with van der Waals surface area (Å²) in [5.74, 6) is 5.72. The smallest absolute Gasteiger partial charge is 0.0632 e. The summed E-state index contributed by atoms with van der Waals surface area (Å²) in [7, 11) is 1.98. The SMILES string of the molecule is CCn1nccc1C(CCc1c(C)nn(C)c1C)NN. The van der Waals surface area contributed by atoms with Crippen molar-refractivity contribution in [3.05, 3.63) is 34.9 Å². The van der Waals surface area contributed by atoms with E-state index in [-0.39, 0.29) is 6.04 Å². The van der Waals surface area contributed by atoms with Crippen LogP contribution in [0.1, 0.15) is 42.0 Å². The molecule has 2 aromatic heterocycles. The van der Waals surface area contributed by atoms with Crippen LogP contribution in [0, 0.1) is 13.8 Å². The third-order valence-electron chi connectivity index (χ3n) is 3.95. The summed E-state index contributed by atoms with van der Waals surface area (Å²) in [6, 6.07) is 2.13. The maximum atomic E-state index is 5.72. The number of hydrogen-bond acceptors (Lipinski definition) is 4. The molecule has 2 aromatic rings. The van der Waals surface area contributed by atoms with Gasteiger partial charge in [0.05, 0.1) is 17.4 Å². The van der Waals surface area contributed by atoms with Crippen LogP contribution in [-0.2, 0) is 20.0 Å². The van der Waals surface area contributed by atoms with E-state index >= 15 is 0 Å². The minimum Gasteiger partial charge on any atom is -0.272 e. The number of nitrogens with zero attached hydrogens (tertiary/aromatic N) is 4. The fourth-order valence-electron chi connectivity index (χ4n) is 2.69. The monoisotopic (exact) mass is 276 g/mol. The number of aromatic nitrogens is 4. The van der Waals surface area contributed by atoms with Gasteiger partial charge in [-0.15, -0.1) is 0 Å². The molecule has 0 saturated carbocycles. The van der Waals surface area contributed by atoms with E-state index in [1.807, 2.05) is 28.7 Å². The summed E-state index contributed by atoms with van der Waals surface area (Å²) >= 11 is 0. The zero-order valence-corrected chi connectivity index (χ0v) is 12.7. The van der Waals surface area contributed by atoms with Gasteiger partial charge in [0.25, 0.3) is 0 Å². The van der Waals surface area contributed by atoms with E-state index in [0.717, 1.165) is 30.8 Å². The molecule has 0 spiro atoms. The number of nitrogens with two attached hydrogens (primary N) is 1. The Kier molecular flexibility index (Phi) is 4.57. The Morgan fingerprint density at radius 3 is 2.70 bits per heavy atom. The van der Waals surface area contributed by atoms with Gasteiger partial charge in [0.1, 0.15) is 0 Å². The topological polar surface area (TPSA) is 73.7 Å². The molecule has 110 valence electrons. The average molecular weight is 276 g/mol. The predicted octanol–water partition coefficient (Wildman–Crippen LogP) is 1.39. The van der Waals surface area contributed by atoms with Gasteiger partial charge < -0.3 is 0 Å². The van der Waals surface area contributed by atoms with E-state index in [4.69, 9.17) is 5.84 Å². The van der Waals surface area contributed by atoms with Crippen molar-refractivity contribution in [3.8, 4) is 0 Å². The Bertz CT molecular complexity index is 568. The minimum atomic E-state index is 0.108. The lowest BCUT2D eigenvalue weighted by Crippen LogP contribution is -2.30. The van der Waals surface area contributed by atoms with Crippen LogP contribution in [0.2, 0.25) is 0 Å². The largest absolute Gasteiger partial charge is 0.272 e. The highest BCUT2D eigenvalue weighted by Crippen LogP contribution is 2.21. The van der Waals surface area contributed by atoms with Crippen molar-refractivity contribution in [1.82, 2.24) is 25.0 Å². The highest BCUT2D eigenvalue weighted by atomic mass is 15.3. The predicted molar refractivity (Wildman–Crippen MR) is 79.0 cm³/mol. The van der Waals surface area contributed by atoms with Crippen molar-refractivity contribution in [2.45, 2.75) is 46.2 Å². The Balaban J connectivity index is 2.12. The molecule has 0 saturated heterocycles. The molecule has 0 aliphatic carbocycles. The van der Waals surface area contributed by atoms with Crippen LogP contribution in [0.15, 0.2) is 12.3 Å². The van der Waals surface area contributed by atoms with Crippen molar-refractivity contribution >= 4 is 0 Å². The molecule has 6 nitrogen and oxygen atoms in total. The Morgan fingerprint density at radius 2 is 2.15 bits per heavy atom. The minimum absolute atomic E-state index is 0.108. The zero-order valence-electron chi connectivity index (χ0n) is 12.7. The van der Waals surface area contributed by atoms with E-state index in [1.54, 1.807) is 0 Å². The van der Waals surface area contributed by atoms with Gasteiger partial charge in [0.15, 0.2) is 0 Å². The average Bonchev–Trinajstić information content (AvgIpc) is 2.99. The van der Waals surface area contributed by atoms with E-state index < -0.39 is 0 Å². The third-order valence-corrected chi connectivity index (χ3v) is 3.95. The lowest BCUT2D eigenvalue weighted by Gasteiger charge is -2.17. The van der Waals surface area contributed by atoms with Crippen LogP contribution in [0.5, 0.6) is 0 Å². The zero-order chi connectivity index (χ0) is 14.7. The lowest BCUT2D eigenvalue weighted by molar-refractivity contribution is 0.466. The Morgan fingerprint density at radius 1 is 1.40 bits per heavy atom. The number of hydrazine groups is 1. The summed E-state index contributed by atoms with van der Waals surface area (Å²) in [6.45, 7) is 7.10. The van der Waals surface area contributed by atoms with Crippen LogP contribution < -0.4 is 11.3 Å². The van der Waals surface area contributed by atoms with Gasteiger partial charge >= 0.3 is 0 Å². The van der Waals surface area contributed by atoms with Gasteiger partial charge in [-0.2, -0.15) is 10.2 Å². The number of nitrogens with one attached hydrogen (secondary N) is 1. The molecule has 6 heteroatoms. The second-order valence-electron chi connectivity index (χ2n) is 5.10. The van der Waals surface area contributed by atoms with Crippen LogP contribution in [0.25, 0.3) is 0 Å². The molecule has 1 unspecified atom stereocenters. The summed E-state index contributed by atoms with van der Waals surface area (Å²) in [5, 5.41) is 8.76. The van der Waals surface area contributed by atoms with E-state index in [9.17, 15) is 0 Å². The lowest BCUT2D eigenvalue weighted by atomic mass is 10.0. The first-order valence-corrected chi connectivity index (χ1v) is 7.05. The van der Waals surface area contributed by atoms with Crippen molar-refractivity contribution in [3.63, 3.8) is 0 Å². The van der Waals surface area contributed by atoms with Crippen molar-refractivity contribution < 1.29 is 0 Å². The van der Waals surface area contributed by atoms with Crippen molar-refractivity contribution in [2.75, 3.05) is 0 Å². The summed E-state index contributed by atoms with van der Waals surface area (Å²) in [4.78, 5) is 0. The van der Waals surface area contributed by atoms with Crippen molar-refractivity contribution in [2.24, 2.45) is 12.9 Å². The maximum Gasteiger partial charge on any atom is 0.0632 e. The molecule has 0 amide bonds. The summed E-state index contributed by atoms with van der Waals surface area (Å²) in [5.41, 5.74) is 7.68. The molecular formula is C14H24N6. The van der Waals surface area contributed by atoms with Gasteiger partial charge in [-0.25, -0.2) is 0 Å². The van der Waals surface area contributed by atoms with Gasteiger partial charge in [0.2, 0.25) is 0 Å². The first-order chi connectivity index (χ1) is 9.58. The molecule has 0 bridgehead atoms. The maximum absolute atomic E-state index is 5.72. The third kappa shape index (κ3) is 2.76. The fraction of sp³-hybridized carbons (Fsp3) is 0.571. The van der Waals surface area contributed by atoms with E-state index in [2.05, 4.69) is 36.4 Å². The van der Waals surface area contributed by atoms with Gasteiger partial charge in [-0.1, -0.05) is 0 Å². The highest BCUT2D eigenvalue weighted by Gasteiger charge is 2.16. The van der Waals surface area contributed by atoms with Gasteiger partial charge in [0, 0.05) is 25.5 Å². The molecule has 0 aliphatic rings. The van der Waals surface area contributed by atoms with E-state index in [0.29, 0.717) is 0 Å². The Labute approximate surface area is 119 Å². The van der Waals surface area contributed by atoms with Gasteiger partial charge in [-0.3, -0.25) is 20.6 Å². The second kappa shape index (κ2) is 6.19. The molecule has 0 aliphatic heterocycles. The summed E-state index contributed by atoms with van der Waals surface area (Å²) < 4.78 is 3.92. The van der Waals surface area contributed by atoms with Crippen molar-refractivity contribution in [1.29, 1.82) is 0 Å². The molecule has 2 rings (SSSR count). The molecule has 0 fully saturated rings. The fourth-order valence-corrected chi connectivity index (χ4v) is 2.69. The molecule has 0 radical (unpaired) electrons. The molecule has 0 aromatic carbocycles. The van der Waals surface area contributed by atoms with Gasteiger partial charge in [-0.05, 0) is 45.2 Å². The molecule has 3 N–H and O–H groups in total. The first-order valence-electron chi connectivity index (χ1n) is 7.05. The number of aryl methyl sites for hydroxylation is 3. The second-order valence-corrected chi connectivity index (χ2v) is 5.10. The van der Waals surface area contributed by atoms with Crippen LogP contribution in [-0.4, -0.2) is 19.6 Å². The molecule has 20 heavy (non-hydrogen) atoms. The van der Waals surface area contributed by atoms with Crippen LogP contribution in [0.3, 0.4) is 0 Å². The van der Waals surface area contributed by atoms with Crippen LogP contribution in [0.4, 0.5) is 0 Å². The number of hydrogen-bond donors (Lipinski definition) is 2. The number of rotatable bonds is 6. The molecule has 2 heterocycles. The Hall–Kier alpha value is -1.66. The first kappa shape index (κ1) is 14.7. The normalized spacial score (nSPS) is 12.8. The van der Waals surface area contributed by atoms with Crippen LogP contribution >= 0.6 is 0 Å².